The minimum atomic E-state index is -4.84. The summed E-state index contributed by atoms with van der Waals surface area (Å²) in [6, 6.07) is 1.11. The average Bonchev–Trinajstić information content (AvgIpc) is 3.23. The van der Waals surface area contributed by atoms with E-state index in [4.69, 9.17) is 4.74 Å². The maximum Gasteiger partial charge on any atom is 0.425 e. The zero-order valence-corrected chi connectivity index (χ0v) is 18.4. The summed E-state index contributed by atoms with van der Waals surface area (Å²) in [4.78, 5) is 20.3. The molecule has 196 valence electrons. The van der Waals surface area contributed by atoms with Crippen molar-refractivity contribution in [2.45, 2.75) is 18.5 Å². The van der Waals surface area contributed by atoms with Crippen molar-refractivity contribution in [2.24, 2.45) is 0 Å². The van der Waals surface area contributed by atoms with Crippen molar-refractivity contribution >= 4 is 28.3 Å². The number of hydrogen-bond acceptors (Lipinski definition) is 7. The molecule has 0 saturated heterocycles. The van der Waals surface area contributed by atoms with E-state index in [1.54, 1.807) is 0 Å². The maximum atomic E-state index is 12.9. The lowest BCUT2D eigenvalue weighted by Crippen LogP contribution is -2.43. The van der Waals surface area contributed by atoms with Crippen LogP contribution in [0.1, 0.15) is 4.88 Å². The van der Waals surface area contributed by atoms with Crippen molar-refractivity contribution in [1.82, 2.24) is 9.97 Å². The lowest BCUT2D eigenvalue weighted by Gasteiger charge is -2.25. The van der Waals surface area contributed by atoms with Gasteiger partial charge in [-0.3, -0.25) is 4.90 Å². The number of urea groups is 1. The van der Waals surface area contributed by atoms with Crippen LogP contribution in [0, 0.1) is 0 Å². The Morgan fingerprint density at radius 1 is 0.943 bits per heavy atom. The molecule has 0 N–H and O–H groups in total. The lowest BCUT2D eigenvalue weighted by atomic mass is 10.4. The molecule has 2 amide bonds. The van der Waals surface area contributed by atoms with E-state index < -0.39 is 67.1 Å². The first-order valence-corrected chi connectivity index (χ1v) is 9.81. The van der Waals surface area contributed by atoms with Gasteiger partial charge in [0.2, 0.25) is 17.7 Å². The van der Waals surface area contributed by atoms with Gasteiger partial charge in [0.1, 0.15) is 11.6 Å². The van der Waals surface area contributed by atoms with Crippen LogP contribution in [0.4, 0.5) is 55.3 Å². The third-order valence-electron chi connectivity index (χ3n) is 3.65. The van der Waals surface area contributed by atoms with E-state index in [0.717, 1.165) is 31.2 Å². The number of amides is 2. The zero-order valence-electron chi connectivity index (χ0n) is 17.6. The standard InChI is InChI=1S/C17H15F9N4O4S/c1-29(12-4-3-9(35-12)17(24,25)26)14(31)30(8-32-2)13-27-10(33-6-15(18,19)20)5-11(28-13)34-7-16(21,22)23/h3-5H,6-8H2,1-2H3. The van der Waals surface area contributed by atoms with Crippen molar-refractivity contribution in [3.63, 3.8) is 0 Å². The van der Waals surface area contributed by atoms with Crippen LogP contribution < -0.4 is 19.3 Å². The number of carbonyl (C=O) groups excluding carboxylic acids is 1. The van der Waals surface area contributed by atoms with Gasteiger partial charge in [-0.25, -0.2) is 9.69 Å². The van der Waals surface area contributed by atoms with Gasteiger partial charge in [-0.15, -0.1) is 11.3 Å². The van der Waals surface area contributed by atoms with Crippen LogP contribution in [0.2, 0.25) is 0 Å². The molecular weight excluding hydrogens is 527 g/mol. The molecule has 0 aromatic carbocycles. The number of carbonyl (C=O) groups is 1. The van der Waals surface area contributed by atoms with E-state index >= 15 is 0 Å². The second-order valence-electron chi connectivity index (χ2n) is 6.48. The lowest BCUT2D eigenvalue weighted by molar-refractivity contribution is -0.154. The van der Waals surface area contributed by atoms with Crippen LogP contribution in [-0.2, 0) is 10.9 Å². The molecule has 2 aromatic rings. The average molecular weight is 542 g/mol. The smallest absolute Gasteiger partial charge is 0.425 e. The van der Waals surface area contributed by atoms with Gasteiger partial charge in [-0.2, -0.15) is 49.5 Å². The van der Waals surface area contributed by atoms with Crippen molar-refractivity contribution in [1.29, 1.82) is 0 Å². The Labute approximate surface area is 194 Å². The second-order valence-corrected chi connectivity index (χ2v) is 7.54. The highest BCUT2D eigenvalue weighted by Gasteiger charge is 2.35. The summed E-state index contributed by atoms with van der Waals surface area (Å²) in [5.41, 5.74) is 0. The Kier molecular flexibility index (Phi) is 8.64. The molecule has 0 aliphatic carbocycles. The molecule has 0 bridgehead atoms. The van der Waals surface area contributed by atoms with Gasteiger partial charge in [0.05, 0.1) is 11.1 Å². The van der Waals surface area contributed by atoms with Crippen LogP contribution in [-0.4, -0.2) is 62.5 Å². The molecule has 2 aromatic heterocycles. The monoisotopic (exact) mass is 542 g/mol. The molecule has 0 atom stereocenters. The summed E-state index contributed by atoms with van der Waals surface area (Å²) < 4.78 is 127. The number of rotatable bonds is 8. The Balaban J connectivity index is 2.41. The minimum Gasteiger partial charge on any atom is -0.468 e. The number of halogens is 9. The summed E-state index contributed by atoms with van der Waals surface area (Å²) >= 11 is 0.207. The van der Waals surface area contributed by atoms with E-state index in [2.05, 4.69) is 19.4 Å². The highest BCUT2D eigenvalue weighted by molar-refractivity contribution is 7.16. The van der Waals surface area contributed by atoms with Gasteiger partial charge in [0.25, 0.3) is 0 Å². The van der Waals surface area contributed by atoms with Crippen molar-refractivity contribution in [3.8, 4) is 11.8 Å². The Morgan fingerprint density at radius 3 is 1.86 bits per heavy atom. The fourth-order valence-electron chi connectivity index (χ4n) is 2.24. The third kappa shape index (κ3) is 8.61. The summed E-state index contributed by atoms with van der Waals surface area (Å²) in [7, 11) is 2.15. The van der Waals surface area contributed by atoms with Gasteiger partial charge in [-0.05, 0) is 12.1 Å². The largest absolute Gasteiger partial charge is 0.468 e. The summed E-state index contributed by atoms with van der Waals surface area (Å²) in [6.45, 7) is -4.45. The van der Waals surface area contributed by atoms with Crippen molar-refractivity contribution in [3.05, 3.63) is 23.1 Å². The molecule has 0 spiro atoms. The van der Waals surface area contributed by atoms with Crippen molar-refractivity contribution < 1.29 is 58.5 Å². The van der Waals surface area contributed by atoms with Gasteiger partial charge in [0.15, 0.2) is 13.2 Å². The third-order valence-corrected chi connectivity index (χ3v) is 4.86. The van der Waals surface area contributed by atoms with Crippen LogP contribution in [0.15, 0.2) is 18.2 Å². The molecule has 0 aliphatic heterocycles. The molecule has 2 heterocycles. The van der Waals surface area contributed by atoms with Crippen LogP contribution in [0.25, 0.3) is 0 Å². The number of aromatic nitrogens is 2. The number of alkyl halides is 9. The molecule has 0 radical (unpaired) electrons. The molecule has 0 fully saturated rings. The minimum absolute atomic E-state index is 0.193. The van der Waals surface area contributed by atoms with E-state index in [-0.39, 0.29) is 16.3 Å². The number of nitrogens with zero attached hydrogens (tertiary/aromatic N) is 4. The predicted octanol–water partition coefficient (Wildman–Crippen LogP) is 5.11. The Morgan fingerprint density at radius 2 is 1.46 bits per heavy atom. The Hall–Kier alpha value is -3.02. The highest BCUT2D eigenvalue weighted by Crippen LogP contribution is 2.38. The van der Waals surface area contributed by atoms with Crippen LogP contribution in [0.3, 0.4) is 0 Å². The van der Waals surface area contributed by atoms with Gasteiger partial charge in [0, 0.05) is 14.2 Å². The number of hydrogen-bond donors (Lipinski definition) is 0. The van der Waals surface area contributed by atoms with Gasteiger partial charge >= 0.3 is 24.6 Å². The molecule has 0 saturated carbocycles. The second kappa shape index (κ2) is 10.7. The predicted molar refractivity (Wildman–Crippen MR) is 103 cm³/mol. The molecule has 2 rings (SSSR count). The van der Waals surface area contributed by atoms with Crippen LogP contribution in [0.5, 0.6) is 11.8 Å². The molecule has 0 aliphatic rings. The normalized spacial score (nSPS) is 12.4. The first-order valence-electron chi connectivity index (χ1n) is 8.99. The molecule has 35 heavy (non-hydrogen) atoms. The van der Waals surface area contributed by atoms with Crippen molar-refractivity contribution in [2.75, 3.05) is 43.9 Å². The quantitative estimate of drug-likeness (QED) is 0.341. The first-order chi connectivity index (χ1) is 16.0. The fourth-order valence-corrected chi connectivity index (χ4v) is 3.06. The number of anilines is 2. The van der Waals surface area contributed by atoms with E-state index in [1.165, 1.54) is 0 Å². The van der Waals surface area contributed by atoms with E-state index in [0.29, 0.717) is 11.0 Å². The topological polar surface area (TPSA) is 77.0 Å². The molecular formula is C17H15F9N4O4S. The highest BCUT2D eigenvalue weighted by atomic mass is 32.1. The van der Waals surface area contributed by atoms with Gasteiger partial charge < -0.3 is 14.2 Å². The van der Waals surface area contributed by atoms with Crippen LogP contribution >= 0.6 is 11.3 Å². The number of thiophene rings is 1. The summed E-state index contributed by atoms with van der Waals surface area (Å²) in [5, 5.41) is -0.193. The SMILES string of the molecule is COCN(C(=O)N(C)c1ccc(C(F)(F)F)s1)c1nc(OCC(F)(F)F)cc(OCC(F)(F)F)n1. The zero-order chi connectivity index (χ0) is 26.6. The maximum absolute atomic E-state index is 12.9. The molecule has 0 unspecified atom stereocenters. The summed E-state index contributed by atoms with van der Waals surface area (Å²) in [5.74, 6) is -2.58. The van der Waals surface area contributed by atoms with E-state index in [9.17, 15) is 44.3 Å². The molecule has 8 nitrogen and oxygen atoms in total. The fraction of sp³-hybridized carbons (Fsp3) is 0.471. The number of methoxy groups -OCH3 is 1. The molecule has 18 heteroatoms. The summed E-state index contributed by atoms with van der Waals surface area (Å²) in [6.07, 6.45) is -14.4. The first kappa shape index (κ1) is 28.2. The Bertz CT molecular complexity index is 974. The van der Waals surface area contributed by atoms with Gasteiger partial charge in [-0.1, -0.05) is 0 Å². The van der Waals surface area contributed by atoms with E-state index in [1.807, 2.05) is 0 Å². The number of ether oxygens (including phenoxy) is 3.